The Bertz CT molecular complexity index is 2190. The van der Waals surface area contributed by atoms with Gasteiger partial charge >= 0.3 is 0 Å². The first-order valence-electron chi connectivity index (χ1n) is 28.1. The number of carbonyl (C=O) groups excluding carboxylic acids is 9. The van der Waals surface area contributed by atoms with E-state index in [-0.39, 0.29) is 121 Å². The summed E-state index contributed by atoms with van der Waals surface area (Å²) in [7, 11) is 6.69. The third-order valence-corrected chi connectivity index (χ3v) is 16.5. The predicted octanol–water partition coefficient (Wildman–Crippen LogP) is 5.06. The summed E-state index contributed by atoms with van der Waals surface area (Å²) in [5.74, 6) is -3.42. The minimum absolute atomic E-state index is 0.0196. The van der Waals surface area contributed by atoms with Crippen LogP contribution in [-0.4, -0.2) is 157 Å². The molecule has 1 saturated carbocycles. The summed E-state index contributed by atoms with van der Waals surface area (Å²) in [5.41, 5.74) is 11.2. The van der Waals surface area contributed by atoms with Gasteiger partial charge in [0.1, 0.15) is 11.8 Å². The smallest absolute Gasteiger partial charge is 0.253 e. The van der Waals surface area contributed by atoms with E-state index in [1.807, 2.05) is 74.8 Å². The zero-order chi connectivity index (χ0) is 57.1. The van der Waals surface area contributed by atoms with Crippen molar-refractivity contribution in [2.45, 2.75) is 175 Å². The molecule has 3 aliphatic rings. The van der Waals surface area contributed by atoms with Crippen LogP contribution in [0.2, 0.25) is 0 Å². The number of primary amides is 1. The summed E-state index contributed by atoms with van der Waals surface area (Å²) in [4.78, 5) is 124. The van der Waals surface area contributed by atoms with Gasteiger partial charge in [0.05, 0.1) is 36.1 Å². The van der Waals surface area contributed by atoms with Crippen LogP contribution in [0.1, 0.15) is 150 Å². The summed E-state index contributed by atoms with van der Waals surface area (Å²) < 4.78 is 12.1. The van der Waals surface area contributed by atoms with Gasteiger partial charge < -0.3 is 30.3 Å². The molecule has 19 nitrogen and oxygen atoms in total. The molecule has 2 fully saturated rings. The van der Waals surface area contributed by atoms with Crippen LogP contribution >= 0.6 is 0 Å². The number of amides is 8. The van der Waals surface area contributed by atoms with Gasteiger partial charge in [0, 0.05) is 84.2 Å². The number of nitrogens with one attached hydrogen (secondary N) is 3. The summed E-state index contributed by atoms with van der Waals surface area (Å²) in [6, 6.07) is 8.10. The van der Waals surface area contributed by atoms with Crippen molar-refractivity contribution in [2.24, 2.45) is 40.7 Å². The Balaban J connectivity index is 1.28. The van der Waals surface area contributed by atoms with E-state index in [1.54, 1.807) is 33.2 Å². The van der Waals surface area contributed by atoms with Gasteiger partial charge in [-0.05, 0) is 94.2 Å². The van der Waals surface area contributed by atoms with Crippen molar-refractivity contribution in [2.75, 3.05) is 54.5 Å². The SMILES string of the molecule is CCC(C)C(CN(C)C(=O)C(NC(=O)C(C(C)C)N(C)CCCC(=O)NNC(=O)CCCCCN1C(=O)C=CC1=O)C(C)C)C(CC(=O)N1CCCC1C(OC)C(C)C(=O)CCCC1(C(N)=O)CC1c1ccccc1)OC. The lowest BCUT2D eigenvalue weighted by Gasteiger charge is -2.38. The predicted molar refractivity (Wildman–Crippen MR) is 293 cm³/mol. The second-order valence-corrected chi connectivity index (χ2v) is 22.6. The quantitative estimate of drug-likeness (QED) is 0.0402. The van der Waals surface area contributed by atoms with Crippen molar-refractivity contribution in [1.82, 2.24) is 35.8 Å². The zero-order valence-electron chi connectivity index (χ0n) is 48.0. The fourth-order valence-electron chi connectivity index (χ4n) is 11.6. The largest absolute Gasteiger partial charge is 0.381 e. The lowest BCUT2D eigenvalue weighted by atomic mass is 9.84. The molecular formula is C58H92N8O11. The third kappa shape index (κ3) is 17.7. The van der Waals surface area contributed by atoms with Crippen LogP contribution in [0.15, 0.2) is 42.5 Å². The van der Waals surface area contributed by atoms with E-state index in [9.17, 15) is 43.2 Å². The van der Waals surface area contributed by atoms with E-state index < -0.39 is 35.6 Å². The number of methoxy groups -OCH3 is 2. The summed E-state index contributed by atoms with van der Waals surface area (Å²) in [6.07, 6.45) is 8.08. The molecule has 1 aromatic carbocycles. The number of hydrogen-bond donors (Lipinski definition) is 4. The number of carbonyl (C=O) groups is 9. The molecule has 8 amide bonds. The molecule has 4 rings (SSSR count). The molecule has 10 atom stereocenters. The van der Waals surface area contributed by atoms with Crippen molar-refractivity contribution in [3.8, 4) is 0 Å². The number of imide groups is 1. The number of hydrogen-bond acceptors (Lipinski definition) is 12. The Labute approximate surface area is 457 Å². The number of ether oxygens (including phenoxy) is 2. The molecule has 0 bridgehead atoms. The van der Waals surface area contributed by atoms with E-state index >= 15 is 0 Å². The molecule has 430 valence electrons. The Morgan fingerprint density at radius 3 is 2.03 bits per heavy atom. The standard InChI is InChI=1S/C58H92N8O11/c1-12-39(6)42(46(76-10)34-51(72)65-33-20-24-44(65)54(77-11)40(7)45(67)25-19-30-58(57(59)75)35-43(58)41-22-15-13-16-23-41)36-64(9)56(74)52(37(2)3)60-55(73)53(38(4)5)63(8)31-21-27-48(69)62-61-47(68)26-17-14-18-32-66-49(70)28-29-50(66)71/h13,15-16,22-23,28-29,37-40,42-44,46,52-54H,12,14,17-21,24-27,30-36H2,1-11H3,(H2,59,75)(H,60,73)(H,61,68)(H,62,69). The average Bonchev–Trinajstić information content (AvgIpc) is 3.83. The first-order valence-corrected chi connectivity index (χ1v) is 28.1. The number of Topliss-reactive ketones (excluding diaryl/α,β-unsaturated/α-hetero) is 1. The van der Waals surface area contributed by atoms with Crippen LogP contribution < -0.4 is 21.9 Å². The molecule has 19 heteroatoms. The molecule has 1 aromatic rings. The minimum atomic E-state index is -0.849. The monoisotopic (exact) mass is 1080 g/mol. The molecule has 2 aliphatic heterocycles. The Kier molecular flexibility index (Phi) is 25.4. The summed E-state index contributed by atoms with van der Waals surface area (Å²) in [6.45, 7) is 15.1. The van der Waals surface area contributed by atoms with Crippen molar-refractivity contribution in [1.29, 1.82) is 0 Å². The number of nitrogens with zero attached hydrogens (tertiary/aromatic N) is 4. The maximum absolute atomic E-state index is 14.4. The van der Waals surface area contributed by atoms with Crippen LogP contribution in [0.3, 0.4) is 0 Å². The zero-order valence-corrected chi connectivity index (χ0v) is 48.0. The molecule has 1 saturated heterocycles. The highest BCUT2D eigenvalue weighted by Gasteiger charge is 2.58. The highest BCUT2D eigenvalue weighted by Crippen LogP contribution is 2.62. The normalized spacial score (nSPS) is 20.9. The van der Waals surface area contributed by atoms with Crippen molar-refractivity contribution >= 4 is 53.0 Å². The number of unbranched alkanes of at least 4 members (excludes halogenated alkanes) is 2. The van der Waals surface area contributed by atoms with E-state index in [0.29, 0.717) is 71.0 Å². The average molecular weight is 1080 g/mol. The van der Waals surface area contributed by atoms with Gasteiger partial charge in [-0.15, -0.1) is 0 Å². The number of likely N-dealkylation sites (tertiary alicyclic amines) is 1. The number of benzene rings is 1. The molecule has 10 unspecified atom stereocenters. The van der Waals surface area contributed by atoms with E-state index in [1.165, 1.54) is 12.2 Å². The van der Waals surface area contributed by atoms with E-state index in [4.69, 9.17) is 15.2 Å². The number of ketones is 1. The molecule has 0 spiro atoms. The highest BCUT2D eigenvalue weighted by atomic mass is 16.5. The second-order valence-electron chi connectivity index (χ2n) is 22.6. The third-order valence-electron chi connectivity index (χ3n) is 16.5. The van der Waals surface area contributed by atoms with Gasteiger partial charge in [-0.25, -0.2) is 0 Å². The lowest BCUT2D eigenvalue weighted by Crippen LogP contribution is -2.57. The fourth-order valence-corrected chi connectivity index (χ4v) is 11.6. The number of hydrazine groups is 1. The molecule has 2 heterocycles. The van der Waals surface area contributed by atoms with Gasteiger partial charge in [-0.2, -0.15) is 0 Å². The number of rotatable bonds is 34. The van der Waals surface area contributed by atoms with Gasteiger partial charge in [-0.1, -0.05) is 91.6 Å². The molecule has 0 aromatic heterocycles. The fraction of sp³-hybridized carbons (Fsp3) is 0.707. The molecule has 0 radical (unpaired) electrons. The summed E-state index contributed by atoms with van der Waals surface area (Å²) in [5, 5.41) is 3.05. The van der Waals surface area contributed by atoms with Gasteiger partial charge in [0.2, 0.25) is 35.4 Å². The first kappa shape index (κ1) is 64.0. The molecule has 1 aliphatic carbocycles. The Morgan fingerprint density at radius 2 is 1.45 bits per heavy atom. The Hall–Kier alpha value is -5.53. The van der Waals surface area contributed by atoms with Gasteiger partial charge in [0.15, 0.2) is 0 Å². The molecule has 77 heavy (non-hydrogen) atoms. The van der Waals surface area contributed by atoms with E-state index in [2.05, 4.69) is 30.0 Å². The Morgan fingerprint density at radius 1 is 0.818 bits per heavy atom. The maximum atomic E-state index is 14.4. The lowest BCUT2D eigenvalue weighted by molar-refractivity contribution is -0.143. The van der Waals surface area contributed by atoms with E-state index in [0.717, 1.165) is 23.3 Å². The maximum Gasteiger partial charge on any atom is 0.253 e. The van der Waals surface area contributed by atoms with Crippen molar-refractivity contribution in [3.63, 3.8) is 0 Å². The number of likely N-dealkylation sites (N-methyl/N-ethyl adjacent to an activating group) is 2. The molecular weight excluding hydrogens is 985 g/mol. The van der Waals surface area contributed by atoms with Crippen LogP contribution in [-0.2, 0) is 52.6 Å². The first-order chi connectivity index (χ1) is 36.5. The van der Waals surface area contributed by atoms with Crippen LogP contribution in [0.25, 0.3) is 0 Å². The van der Waals surface area contributed by atoms with Gasteiger partial charge in [-0.3, -0.25) is 63.8 Å². The number of nitrogens with two attached hydrogens (primary N) is 1. The highest BCUT2D eigenvalue weighted by molar-refractivity contribution is 6.12. The van der Waals surface area contributed by atoms with Crippen molar-refractivity contribution in [3.05, 3.63) is 48.0 Å². The topological polar surface area (TPSA) is 247 Å². The van der Waals surface area contributed by atoms with Crippen LogP contribution in [0.4, 0.5) is 0 Å². The second kappa shape index (κ2) is 30.6. The molecule has 5 N–H and O–H groups in total. The minimum Gasteiger partial charge on any atom is -0.381 e. The van der Waals surface area contributed by atoms with Crippen LogP contribution in [0, 0.1) is 35.0 Å². The van der Waals surface area contributed by atoms with Gasteiger partial charge in [0.25, 0.3) is 11.8 Å². The van der Waals surface area contributed by atoms with Crippen molar-refractivity contribution < 1.29 is 52.6 Å². The van der Waals surface area contributed by atoms with Crippen LogP contribution in [0.5, 0.6) is 0 Å². The summed E-state index contributed by atoms with van der Waals surface area (Å²) >= 11 is 0.